The molecule has 0 bridgehead atoms. The number of hydrogen-bond donors (Lipinski definition) is 2. The third kappa shape index (κ3) is 3.60. The molecule has 1 heterocycles. The number of nitrogens with one attached hydrogen (secondary N) is 1. The molecule has 0 unspecified atom stereocenters. The normalized spacial score (nSPS) is 11.6. The fourth-order valence-corrected chi connectivity index (χ4v) is 2.85. The average Bonchev–Trinajstić information content (AvgIpc) is 2.90. The third-order valence-electron chi connectivity index (χ3n) is 2.85. The second-order valence-electron chi connectivity index (χ2n) is 4.39. The quantitative estimate of drug-likeness (QED) is 0.824. The Balaban J connectivity index is 2.19. The summed E-state index contributed by atoms with van der Waals surface area (Å²) in [6.45, 7) is 1.44. The molecule has 2 N–H and O–H groups in total. The Hall–Kier alpha value is -1.90. The fourth-order valence-electron chi connectivity index (χ4n) is 1.80. The van der Waals surface area contributed by atoms with Crippen molar-refractivity contribution in [3.8, 4) is 5.75 Å². The summed E-state index contributed by atoms with van der Waals surface area (Å²) in [4.78, 5) is 0.0487. The van der Waals surface area contributed by atoms with Crippen molar-refractivity contribution in [3.63, 3.8) is 0 Å². The van der Waals surface area contributed by atoms with Gasteiger partial charge in [0.2, 0.25) is 10.0 Å². The van der Waals surface area contributed by atoms with Crippen LogP contribution in [0, 0.1) is 6.92 Å². The van der Waals surface area contributed by atoms with E-state index in [4.69, 9.17) is 9.26 Å². The monoisotopic (exact) mass is 312 g/mol. The first-order valence-corrected chi connectivity index (χ1v) is 7.64. The van der Waals surface area contributed by atoms with Crippen LogP contribution in [-0.2, 0) is 23.2 Å². The second kappa shape index (κ2) is 6.25. The maximum Gasteiger partial charge on any atom is 0.240 e. The van der Waals surface area contributed by atoms with Crippen LogP contribution in [0.3, 0.4) is 0 Å². The zero-order valence-electron chi connectivity index (χ0n) is 11.7. The Morgan fingerprint density at radius 3 is 2.71 bits per heavy atom. The third-order valence-corrected chi connectivity index (χ3v) is 4.25. The number of nitrogens with zero attached hydrogens (tertiary/aromatic N) is 1. The lowest BCUT2D eigenvalue weighted by atomic mass is 10.2. The maximum absolute atomic E-state index is 12.2. The molecule has 8 heteroatoms. The van der Waals surface area contributed by atoms with Gasteiger partial charge in [-0.2, -0.15) is 0 Å². The largest absolute Gasteiger partial charge is 0.496 e. The van der Waals surface area contributed by atoms with E-state index < -0.39 is 10.0 Å². The van der Waals surface area contributed by atoms with Crippen molar-refractivity contribution in [2.75, 3.05) is 7.11 Å². The van der Waals surface area contributed by atoms with Gasteiger partial charge in [0.1, 0.15) is 11.5 Å². The van der Waals surface area contributed by atoms with Crippen LogP contribution < -0.4 is 9.46 Å². The van der Waals surface area contributed by atoms with Crippen molar-refractivity contribution >= 4 is 10.0 Å². The van der Waals surface area contributed by atoms with Crippen molar-refractivity contribution in [3.05, 3.63) is 41.3 Å². The van der Waals surface area contributed by atoms with Crippen LogP contribution in [0.15, 0.2) is 33.7 Å². The Morgan fingerprint density at radius 1 is 1.38 bits per heavy atom. The summed E-state index contributed by atoms with van der Waals surface area (Å²) in [5.41, 5.74) is 0.893. The van der Waals surface area contributed by atoms with Crippen molar-refractivity contribution in [2.45, 2.75) is 25.0 Å². The topological polar surface area (TPSA) is 102 Å². The maximum atomic E-state index is 12.2. The van der Waals surface area contributed by atoms with Crippen molar-refractivity contribution in [2.24, 2.45) is 0 Å². The lowest BCUT2D eigenvalue weighted by Gasteiger charge is -2.10. The first-order chi connectivity index (χ1) is 9.96. The van der Waals surface area contributed by atoms with E-state index in [1.165, 1.54) is 25.3 Å². The van der Waals surface area contributed by atoms with Gasteiger partial charge in [-0.25, -0.2) is 13.1 Å². The van der Waals surface area contributed by atoms with Gasteiger partial charge in [0, 0.05) is 11.6 Å². The van der Waals surface area contributed by atoms with E-state index in [1.807, 2.05) is 0 Å². The number of benzene rings is 1. The van der Waals surface area contributed by atoms with E-state index in [9.17, 15) is 13.5 Å². The molecular weight excluding hydrogens is 296 g/mol. The van der Waals surface area contributed by atoms with Crippen LogP contribution in [0.5, 0.6) is 5.75 Å². The number of aliphatic hydroxyl groups is 1. The van der Waals surface area contributed by atoms with Crippen molar-refractivity contribution < 1.29 is 22.8 Å². The number of sulfonamides is 1. The first kappa shape index (κ1) is 15.5. The highest BCUT2D eigenvalue weighted by atomic mass is 32.2. The van der Waals surface area contributed by atoms with Gasteiger partial charge in [0.15, 0.2) is 0 Å². The predicted molar refractivity (Wildman–Crippen MR) is 74.2 cm³/mol. The van der Waals surface area contributed by atoms with Crippen LogP contribution in [0.1, 0.15) is 17.0 Å². The van der Waals surface area contributed by atoms with E-state index in [0.29, 0.717) is 22.8 Å². The van der Waals surface area contributed by atoms with Crippen LogP contribution in [0.2, 0.25) is 0 Å². The molecule has 1 aromatic heterocycles. The molecule has 0 saturated carbocycles. The summed E-state index contributed by atoms with van der Waals surface area (Å²) >= 11 is 0. The fraction of sp³-hybridized carbons (Fsp3) is 0.308. The van der Waals surface area contributed by atoms with Crippen molar-refractivity contribution in [1.29, 1.82) is 0 Å². The molecule has 2 rings (SSSR count). The van der Waals surface area contributed by atoms with Gasteiger partial charge in [-0.1, -0.05) is 5.16 Å². The molecule has 0 spiro atoms. The molecule has 7 nitrogen and oxygen atoms in total. The minimum Gasteiger partial charge on any atom is -0.496 e. The number of aliphatic hydroxyl groups excluding tert-OH is 1. The Bertz CT molecular complexity index is 724. The summed E-state index contributed by atoms with van der Waals surface area (Å²) < 4.78 is 36.7. The molecule has 0 aliphatic heterocycles. The molecule has 0 aliphatic carbocycles. The lowest BCUT2D eigenvalue weighted by Crippen LogP contribution is -2.23. The highest BCUT2D eigenvalue weighted by molar-refractivity contribution is 7.89. The number of hydrogen-bond acceptors (Lipinski definition) is 6. The number of aromatic nitrogens is 1. The molecule has 0 atom stereocenters. The molecule has 114 valence electrons. The van der Waals surface area contributed by atoms with Crippen LogP contribution in [0.25, 0.3) is 0 Å². The van der Waals surface area contributed by atoms with Crippen molar-refractivity contribution in [1.82, 2.24) is 9.88 Å². The number of rotatable bonds is 6. The number of aryl methyl sites for hydroxylation is 1. The standard InChI is InChI=1S/C13H16N2O5S/c1-9-5-11(15-20-9)7-14-21(17,18)12-3-4-13(19-2)10(6-12)8-16/h3-6,14,16H,7-8H2,1-2H3. The van der Waals surface area contributed by atoms with E-state index >= 15 is 0 Å². The van der Waals surface area contributed by atoms with E-state index in [1.54, 1.807) is 13.0 Å². The first-order valence-electron chi connectivity index (χ1n) is 6.16. The van der Waals surface area contributed by atoms with Crippen LogP contribution in [0.4, 0.5) is 0 Å². The molecule has 0 aliphatic rings. The minimum atomic E-state index is -3.71. The molecule has 2 aromatic rings. The molecule has 0 radical (unpaired) electrons. The molecular formula is C13H16N2O5S. The Labute approximate surface area is 122 Å². The van der Waals surface area contributed by atoms with Gasteiger partial charge in [0.25, 0.3) is 0 Å². The molecule has 0 fully saturated rings. The predicted octanol–water partition coefficient (Wildman–Crippen LogP) is 0.962. The highest BCUT2D eigenvalue weighted by Crippen LogP contribution is 2.22. The Kier molecular flexibility index (Phi) is 4.61. The SMILES string of the molecule is COc1ccc(S(=O)(=O)NCc2cc(C)on2)cc1CO. The van der Waals surface area contributed by atoms with Gasteiger partial charge >= 0.3 is 0 Å². The van der Waals surface area contributed by atoms with Gasteiger partial charge in [0.05, 0.1) is 30.9 Å². The smallest absolute Gasteiger partial charge is 0.240 e. The molecule has 21 heavy (non-hydrogen) atoms. The summed E-state index contributed by atoms with van der Waals surface area (Å²) in [6, 6.07) is 5.93. The van der Waals surface area contributed by atoms with E-state index in [2.05, 4.69) is 9.88 Å². The highest BCUT2D eigenvalue weighted by Gasteiger charge is 2.16. The zero-order chi connectivity index (χ0) is 15.5. The van der Waals surface area contributed by atoms with Crippen LogP contribution >= 0.6 is 0 Å². The zero-order valence-corrected chi connectivity index (χ0v) is 12.5. The Morgan fingerprint density at radius 2 is 2.14 bits per heavy atom. The summed E-state index contributed by atoms with van der Waals surface area (Å²) in [6.07, 6.45) is 0. The summed E-state index contributed by atoms with van der Waals surface area (Å²) in [7, 11) is -2.25. The van der Waals surface area contributed by atoms with E-state index in [0.717, 1.165) is 0 Å². The van der Waals surface area contributed by atoms with Gasteiger partial charge in [-0.3, -0.25) is 0 Å². The second-order valence-corrected chi connectivity index (χ2v) is 6.15. The summed E-state index contributed by atoms with van der Waals surface area (Å²) in [5.74, 6) is 1.04. The van der Waals surface area contributed by atoms with Gasteiger partial charge in [-0.05, 0) is 25.1 Å². The average molecular weight is 312 g/mol. The number of methoxy groups -OCH3 is 1. The molecule has 1 aromatic carbocycles. The van der Waals surface area contributed by atoms with Crippen LogP contribution in [-0.4, -0.2) is 25.8 Å². The van der Waals surface area contributed by atoms with Gasteiger partial charge < -0.3 is 14.4 Å². The van der Waals surface area contributed by atoms with E-state index in [-0.39, 0.29) is 18.0 Å². The minimum absolute atomic E-state index is 0.0279. The molecule has 0 saturated heterocycles. The number of ether oxygens (including phenoxy) is 1. The molecule has 0 amide bonds. The van der Waals surface area contributed by atoms with Gasteiger partial charge in [-0.15, -0.1) is 0 Å². The lowest BCUT2D eigenvalue weighted by molar-refractivity contribution is 0.273. The summed E-state index contributed by atoms with van der Waals surface area (Å²) in [5, 5.41) is 12.9.